The molecule has 2 N–H and O–H groups in total. The summed E-state index contributed by atoms with van der Waals surface area (Å²) in [5.41, 5.74) is -1.06. The van der Waals surface area contributed by atoms with Crippen molar-refractivity contribution in [3.05, 3.63) is 58.3 Å². The quantitative estimate of drug-likeness (QED) is 0.832. The second-order valence-corrected chi connectivity index (χ2v) is 6.31. The van der Waals surface area contributed by atoms with Gasteiger partial charge in [0, 0.05) is 24.7 Å². The highest BCUT2D eigenvalue weighted by molar-refractivity contribution is 7.90. The fourth-order valence-electron chi connectivity index (χ4n) is 1.61. The van der Waals surface area contributed by atoms with Crippen molar-refractivity contribution >= 4 is 21.4 Å². The summed E-state index contributed by atoms with van der Waals surface area (Å²) in [6, 6.07) is 4.18. The molecular weight excluding hydrogens is 299 g/mol. The molecule has 1 aromatic heterocycles. The third-order valence-electron chi connectivity index (χ3n) is 2.68. The van der Waals surface area contributed by atoms with E-state index in [9.17, 15) is 22.4 Å². The summed E-state index contributed by atoms with van der Waals surface area (Å²) in [5.74, 6) is -1.63. The van der Waals surface area contributed by atoms with Gasteiger partial charge in [-0.1, -0.05) is 0 Å². The van der Waals surface area contributed by atoms with Crippen LogP contribution in [0.2, 0.25) is 0 Å². The lowest BCUT2D eigenvalue weighted by molar-refractivity contribution is 0.102. The Kier molecular flexibility index (Phi) is 3.90. The number of aromatic amines is 1. The van der Waals surface area contributed by atoms with Crippen molar-refractivity contribution in [2.75, 3.05) is 11.6 Å². The fraction of sp³-hybridized carbons (Fsp3) is 0.0769. The topological polar surface area (TPSA) is 96.1 Å². The SMILES string of the molecule is CS(=O)(=O)c1ccc(F)c(NC(=O)c2c[nH]ccc2=O)c1. The Bertz CT molecular complexity index is 858. The van der Waals surface area contributed by atoms with Crippen LogP contribution < -0.4 is 10.7 Å². The van der Waals surface area contributed by atoms with Gasteiger partial charge in [0.1, 0.15) is 11.4 Å². The maximum absolute atomic E-state index is 13.6. The Labute approximate surface area is 119 Å². The monoisotopic (exact) mass is 310 g/mol. The first-order valence-corrected chi connectivity index (χ1v) is 7.66. The maximum Gasteiger partial charge on any atom is 0.261 e. The molecule has 2 rings (SSSR count). The number of sulfone groups is 1. The summed E-state index contributed by atoms with van der Waals surface area (Å²) >= 11 is 0. The number of H-pyrrole nitrogens is 1. The summed E-state index contributed by atoms with van der Waals surface area (Å²) in [6.45, 7) is 0. The summed E-state index contributed by atoms with van der Waals surface area (Å²) < 4.78 is 36.5. The number of aromatic nitrogens is 1. The molecular formula is C13H11FN2O4S. The van der Waals surface area contributed by atoms with E-state index < -0.39 is 27.0 Å². The highest BCUT2D eigenvalue weighted by Gasteiger charge is 2.15. The van der Waals surface area contributed by atoms with Crippen LogP contribution in [0.25, 0.3) is 0 Å². The molecule has 1 heterocycles. The standard InChI is InChI=1S/C13H11FN2O4S/c1-21(19,20)8-2-3-10(14)11(6-8)16-13(18)9-7-15-5-4-12(9)17/h2-7H,1H3,(H,15,17)(H,16,18). The molecule has 1 amide bonds. The molecule has 0 aliphatic carbocycles. The summed E-state index contributed by atoms with van der Waals surface area (Å²) in [4.78, 5) is 25.8. The Morgan fingerprint density at radius 1 is 1.29 bits per heavy atom. The molecule has 0 saturated heterocycles. The number of hydrogen-bond acceptors (Lipinski definition) is 4. The third-order valence-corrected chi connectivity index (χ3v) is 3.79. The smallest absolute Gasteiger partial charge is 0.261 e. The first kappa shape index (κ1) is 14.9. The lowest BCUT2D eigenvalue weighted by Crippen LogP contribution is -2.21. The van der Waals surface area contributed by atoms with E-state index in [0.717, 1.165) is 30.5 Å². The zero-order valence-corrected chi connectivity index (χ0v) is 11.7. The van der Waals surface area contributed by atoms with Crippen molar-refractivity contribution in [3.63, 3.8) is 0 Å². The van der Waals surface area contributed by atoms with Crippen molar-refractivity contribution in [2.24, 2.45) is 0 Å². The van der Waals surface area contributed by atoms with E-state index in [1.54, 1.807) is 0 Å². The van der Waals surface area contributed by atoms with Gasteiger partial charge in [-0.05, 0) is 18.2 Å². The number of carbonyl (C=O) groups excluding carboxylic acids is 1. The molecule has 1 aromatic carbocycles. The van der Waals surface area contributed by atoms with Crippen LogP contribution in [0.5, 0.6) is 0 Å². The predicted molar refractivity (Wildman–Crippen MR) is 74.5 cm³/mol. The Balaban J connectivity index is 2.38. The van der Waals surface area contributed by atoms with Crippen molar-refractivity contribution < 1.29 is 17.6 Å². The highest BCUT2D eigenvalue weighted by atomic mass is 32.2. The molecule has 0 bridgehead atoms. The van der Waals surface area contributed by atoms with Gasteiger partial charge >= 0.3 is 0 Å². The van der Waals surface area contributed by atoms with Gasteiger partial charge in [0.2, 0.25) is 0 Å². The number of anilines is 1. The number of carbonyl (C=O) groups is 1. The molecule has 0 spiro atoms. The zero-order chi connectivity index (χ0) is 15.6. The van der Waals surface area contributed by atoms with Crippen LogP contribution in [-0.2, 0) is 9.84 Å². The largest absolute Gasteiger partial charge is 0.367 e. The summed E-state index contributed by atoms with van der Waals surface area (Å²) in [5, 5.41) is 2.18. The molecule has 0 saturated carbocycles. The van der Waals surface area contributed by atoms with Gasteiger partial charge in [-0.3, -0.25) is 9.59 Å². The molecule has 0 aliphatic rings. The number of halogens is 1. The number of hydrogen-bond donors (Lipinski definition) is 2. The molecule has 110 valence electrons. The summed E-state index contributed by atoms with van der Waals surface area (Å²) in [7, 11) is -3.54. The summed E-state index contributed by atoms with van der Waals surface area (Å²) in [6.07, 6.45) is 3.49. The molecule has 0 fully saturated rings. The van der Waals surface area contributed by atoms with Gasteiger partial charge in [0.15, 0.2) is 15.3 Å². The van der Waals surface area contributed by atoms with Crippen molar-refractivity contribution in [3.8, 4) is 0 Å². The number of nitrogens with one attached hydrogen (secondary N) is 2. The molecule has 8 heteroatoms. The molecule has 0 atom stereocenters. The Hall–Kier alpha value is -2.48. The van der Waals surface area contributed by atoms with Gasteiger partial charge in [-0.15, -0.1) is 0 Å². The second kappa shape index (κ2) is 5.49. The van der Waals surface area contributed by atoms with Crippen LogP contribution in [0, 0.1) is 5.82 Å². The lowest BCUT2D eigenvalue weighted by Gasteiger charge is -2.07. The van der Waals surface area contributed by atoms with Crippen molar-refractivity contribution in [2.45, 2.75) is 4.90 Å². The Morgan fingerprint density at radius 3 is 2.62 bits per heavy atom. The number of amides is 1. The van der Waals surface area contributed by atoms with Crippen LogP contribution in [0.1, 0.15) is 10.4 Å². The molecule has 0 radical (unpaired) electrons. The molecule has 2 aromatic rings. The van der Waals surface area contributed by atoms with E-state index >= 15 is 0 Å². The van der Waals surface area contributed by atoms with E-state index in [0.29, 0.717) is 0 Å². The number of benzene rings is 1. The van der Waals surface area contributed by atoms with E-state index in [1.807, 2.05) is 0 Å². The van der Waals surface area contributed by atoms with Gasteiger partial charge in [-0.2, -0.15) is 0 Å². The van der Waals surface area contributed by atoms with E-state index in [4.69, 9.17) is 0 Å². The minimum Gasteiger partial charge on any atom is -0.367 e. The third kappa shape index (κ3) is 3.34. The molecule has 6 nitrogen and oxygen atoms in total. The predicted octanol–water partition coefficient (Wildman–Crippen LogP) is 1.17. The van der Waals surface area contributed by atoms with Crippen molar-refractivity contribution in [1.29, 1.82) is 0 Å². The first-order chi connectivity index (χ1) is 9.79. The van der Waals surface area contributed by atoms with Crippen LogP contribution in [0.4, 0.5) is 10.1 Å². The van der Waals surface area contributed by atoms with E-state index in [2.05, 4.69) is 10.3 Å². The second-order valence-electron chi connectivity index (χ2n) is 4.29. The maximum atomic E-state index is 13.6. The van der Waals surface area contributed by atoms with Gasteiger partial charge in [0.25, 0.3) is 5.91 Å². The fourth-order valence-corrected chi connectivity index (χ4v) is 2.26. The number of rotatable bonds is 3. The van der Waals surface area contributed by atoms with E-state index in [1.165, 1.54) is 12.4 Å². The molecule has 0 aliphatic heterocycles. The molecule has 0 unspecified atom stereocenters. The highest BCUT2D eigenvalue weighted by Crippen LogP contribution is 2.19. The number of pyridine rings is 1. The lowest BCUT2D eigenvalue weighted by atomic mass is 10.2. The zero-order valence-electron chi connectivity index (χ0n) is 10.9. The minimum absolute atomic E-state index is 0.138. The minimum atomic E-state index is -3.54. The molecule has 21 heavy (non-hydrogen) atoms. The van der Waals surface area contributed by atoms with Crippen LogP contribution in [0.15, 0.2) is 46.3 Å². The van der Waals surface area contributed by atoms with Gasteiger partial charge in [-0.25, -0.2) is 12.8 Å². The van der Waals surface area contributed by atoms with E-state index in [-0.39, 0.29) is 16.1 Å². The first-order valence-electron chi connectivity index (χ1n) is 5.77. The normalized spacial score (nSPS) is 11.1. The van der Waals surface area contributed by atoms with Crippen LogP contribution in [0.3, 0.4) is 0 Å². The van der Waals surface area contributed by atoms with Gasteiger partial charge in [0.05, 0.1) is 10.6 Å². The Morgan fingerprint density at radius 2 is 2.00 bits per heavy atom. The van der Waals surface area contributed by atoms with Gasteiger partial charge < -0.3 is 10.3 Å². The van der Waals surface area contributed by atoms with Crippen LogP contribution in [-0.4, -0.2) is 25.6 Å². The van der Waals surface area contributed by atoms with Crippen molar-refractivity contribution in [1.82, 2.24) is 4.98 Å². The average Bonchev–Trinajstić information content (AvgIpc) is 2.40. The average molecular weight is 310 g/mol. The van der Waals surface area contributed by atoms with Crippen LogP contribution >= 0.6 is 0 Å².